The normalized spacial score (nSPS) is 26.0. The van der Waals surface area contributed by atoms with E-state index in [1.807, 2.05) is 0 Å². The first-order valence-electron chi connectivity index (χ1n) is 7.36. The van der Waals surface area contributed by atoms with Gasteiger partial charge in [0.2, 0.25) is 11.8 Å². The van der Waals surface area contributed by atoms with Gasteiger partial charge in [-0.1, -0.05) is 24.3 Å². The summed E-state index contributed by atoms with van der Waals surface area (Å²) in [6, 6.07) is 8.58. The minimum absolute atomic E-state index is 0.0298. The van der Waals surface area contributed by atoms with Crippen LogP contribution in [0.1, 0.15) is 47.6 Å². The number of carbonyl (C=O) groups is 1. The van der Waals surface area contributed by atoms with Crippen LogP contribution in [-0.2, 0) is 17.6 Å². The minimum atomic E-state index is -0.844. The Balaban J connectivity index is 1.53. The van der Waals surface area contributed by atoms with Gasteiger partial charge in [0.1, 0.15) is 0 Å². The Hall–Kier alpha value is -2.17. The Morgan fingerprint density at radius 2 is 2.14 bits per heavy atom. The average Bonchev–Trinajstić information content (AvgIpc) is 3.06. The van der Waals surface area contributed by atoms with Crippen molar-refractivity contribution in [1.29, 1.82) is 0 Å². The highest BCUT2D eigenvalue weighted by atomic mass is 16.4. The predicted molar refractivity (Wildman–Crippen MR) is 74.0 cm³/mol. The van der Waals surface area contributed by atoms with Gasteiger partial charge in [-0.3, -0.25) is 4.79 Å². The largest absolute Gasteiger partial charge is 0.481 e. The minimum Gasteiger partial charge on any atom is -0.481 e. The number of hydrogen-bond acceptors (Lipinski definition) is 4. The van der Waals surface area contributed by atoms with Crippen LogP contribution in [0.25, 0.3) is 0 Å². The Kier molecular flexibility index (Phi) is 2.80. The number of carboxylic acids is 1. The fourth-order valence-corrected chi connectivity index (χ4v) is 3.62. The van der Waals surface area contributed by atoms with Crippen molar-refractivity contribution in [1.82, 2.24) is 10.2 Å². The molecule has 0 spiro atoms. The molecule has 108 valence electrons. The third-order valence-electron chi connectivity index (χ3n) is 4.65. The van der Waals surface area contributed by atoms with Crippen LogP contribution in [0.3, 0.4) is 0 Å². The summed E-state index contributed by atoms with van der Waals surface area (Å²) in [6.07, 6.45) is 2.62. The molecule has 1 heterocycles. The summed E-state index contributed by atoms with van der Waals surface area (Å²) in [7, 11) is 0. The zero-order chi connectivity index (χ0) is 14.4. The van der Waals surface area contributed by atoms with Crippen LogP contribution >= 0.6 is 0 Å². The molecule has 1 saturated carbocycles. The van der Waals surface area contributed by atoms with Crippen molar-refractivity contribution in [2.75, 3.05) is 0 Å². The Morgan fingerprint density at radius 1 is 1.29 bits per heavy atom. The zero-order valence-corrected chi connectivity index (χ0v) is 11.5. The summed E-state index contributed by atoms with van der Waals surface area (Å²) in [5.41, 5.74) is 2.86. The number of benzene rings is 1. The number of aryl methyl sites for hydroxylation is 2. The van der Waals surface area contributed by atoms with Crippen LogP contribution in [0, 0.1) is 5.92 Å². The Morgan fingerprint density at radius 3 is 3.00 bits per heavy atom. The van der Waals surface area contributed by atoms with Crippen molar-refractivity contribution in [3.8, 4) is 0 Å². The first-order chi connectivity index (χ1) is 10.2. The Bertz CT molecular complexity index is 694. The van der Waals surface area contributed by atoms with Crippen LogP contribution in [-0.4, -0.2) is 21.3 Å². The van der Waals surface area contributed by atoms with Gasteiger partial charge in [0.15, 0.2) is 0 Å². The highest BCUT2D eigenvalue weighted by Crippen LogP contribution is 2.64. The molecular formula is C16H16N2O3. The molecule has 21 heavy (non-hydrogen) atoms. The molecule has 1 N–H and O–H groups in total. The van der Waals surface area contributed by atoms with Gasteiger partial charge >= 0.3 is 5.97 Å². The van der Waals surface area contributed by atoms with E-state index in [4.69, 9.17) is 9.52 Å². The first-order valence-corrected chi connectivity index (χ1v) is 7.36. The fourth-order valence-electron chi connectivity index (χ4n) is 3.62. The highest BCUT2D eigenvalue weighted by Gasteiger charge is 2.56. The zero-order valence-electron chi connectivity index (χ0n) is 11.5. The van der Waals surface area contributed by atoms with E-state index in [-0.39, 0.29) is 6.42 Å². The van der Waals surface area contributed by atoms with Crippen molar-refractivity contribution in [2.24, 2.45) is 5.92 Å². The maximum Gasteiger partial charge on any atom is 0.303 e. The molecule has 3 unspecified atom stereocenters. The van der Waals surface area contributed by atoms with Crippen LogP contribution in [0.15, 0.2) is 28.7 Å². The standard InChI is InChI=1S/C16H16N2O3/c19-13(20)8-7-12-17-18-16(21-12)15-11-6-5-9-3-1-2-4-10(9)14(11)15/h1-4,11,14-15H,5-8H2,(H,19,20). The smallest absolute Gasteiger partial charge is 0.303 e. The summed E-state index contributed by atoms with van der Waals surface area (Å²) in [5, 5.41) is 16.8. The highest BCUT2D eigenvalue weighted by molar-refractivity contribution is 5.66. The lowest BCUT2D eigenvalue weighted by Crippen LogP contribution is -2.00. The second-order valence-corrected chi connectivity index (χ2v) is 5.88. The topological polar surface area (TPSA) is 76.2 Å². The van der Waals surface area contributed by atoms with Gasteiger partial charge in [0, 0.05) is 12.3 Å². The van der Waals surface area contributed by atoms with E-state index in [2.05, 4.69) is 34.5 Å². The Labute approximate surface area is 122 Å². The molecule has 0 aliphatic heterocycles. The molecule has 0 amide bonds. The summed E-state index contributed by atoms with van der Waals surface area (Å²) in [5.74, 6) is 1.70. The van der Waals surface area contributed by atoms with Crippen molar-refractivity contribution >= 4 is 5.97 Å². The summed E-state index contributed by atoms with van der Waals surface area (Å²) in [4.78, 5) is 10.6. The molecule has 5 heteroatoms. The SMILES string of the molecule is O=C(O)CCc1nnc(C2C3CCc4ccccc4C32)o1. The van der Waals surface area contributed by atoms with Crippen LogP contribution in [0.5, 0.6) is 0 Å². The van der Waals surface area contributed by atoms with E-state index in [9.17, 15) is 4.79 Å². The van der Waals surface area contributed by atoms with Crippen molar-refractivity contribution in [3.05, 3.63) is 47.2 Å². The number of nitrogens with zero attached hydrogens (tertiary/aromatic N) is 2. The van der Waals surface area contributed by atoms with Crippen molar-refractivity contribution in [3.63, 3.8) is 0 Å². The van der Waals surface area contributed by atoms with Gasteiger partial charge < -0.3 is 9.52 Å². The van der Waals surface area contributed by atoms with Crippen LogP contribution in [0.4, 0.5) is 0 Å². The van der Waals surface area contributed by atoms with Gasteiger partial charge in [0.05, 0.1) is 6.42 Å². The second kappa shape index (κ2) is 4.69. The molecule has 5 nitrogen and oxygen atoms in total. The third kappa shape index (κ3) is 2.13. The molecule has 1 aromatic carbocycles. The van der Waals surface area contributed by atoms with E-state index >= 15 is 0 Å². The monoisotopic (exact) mass is 284 g/mol. The second-order valence-electron chi connectivity index (χ2n) is 5.88. The lowest BCUT2D eigenvalue weighted by molar-refractivity contribution is -0.137. The van der Waals surface area contributed by atoms with Gasteiger partial charge in [-0.05, 0) is 35.8 Å². The number of rotatable bonds is 4. The maximum absolute atomic E-state index is 10.6. The molecule has 0 bridgehead atoms. The van der Waals surface area contributed by atoms with E-state index in [0.717, 1.165) is 6.42 Å². The van der Waals surface area contributed by atoms with Gasteiger partial charge in [-0.25, -0.2) is 0 Å². The third-order valence-corrected chi connectivity index (χ3v) is 4.65. The van der Waals surface area contributed by atoms with Gasteiger partial charge in [0.25, 0.3) is 0 Å². The molecule has 2 aliphatic carbocycles. The number of aliphatic carboxylic acids is 1. The molecule has 2 aliphatic rings. The van der Waals surface area contributed by atoms with Crippen LogP contribution in [0.2, 0.25) is 0 Å². The van der Waals surface area contributed by atoms with E-state index in [0.29, 0.717) is 36.0 Å². The number of aromatic nitrogens is 2. The molecule has 1 aromatic heterocycles. The average molecular weight is 284 g/mol. The molecule has 2 aromatic rings. The maximum atomic E-state index is 10.6. The summed E-state index contributed by atoms with van der Waals surface area (Å²) >= 11 is 0. The van der Waals surface area contributed by atoms with Crippen molar-refractivity contribution < 1.29 is 14.3 Å². The summed E-state index contributed by atoms with van der Waals surface area (Å²) in [6.45, 7) is 0. The first kappa shape index (κ1) is 12.6. The molecule has 3 atom stereocenters. The molecule has 0 radical (unpaired) electrons. The molecule has 0 saturated heterocycles. The van der Waals surface area contributed by atoms with Gasteiger partial charge in [-0.2, -0.15) is 0 Å². The number of hydrogen-bond donors (Lipinski definition) is 1. The quantitative estimate of drug-likeness (QED) is 0.933. The lowest BCUT2D eigenvalue weighted by atomic mass is 9.92. The van der Waals surface area contributed by atoms with Crippen LogP contribution < -0.4 is 0 Å². The molecular weight excluding hydrogens is 268 g/mol. The van der Waals surface area contributed by atoms with Crippen molar-refractivity contribution in [2.45, 2.75) is 37.5 Å². The molecule has 1 fully saturated rings. The number of fused-ring (bicyclic) bond motifs is 3. The number of carboxylic acid groups (broad SMARTS) is 1. The lowest BCUT2D eigenvalue weighted by Gasteiger charge is -2.13. The fraction of sp³-hybridized carbons (Fsp3) is 0.438. The summed E-state index contributed by atoms with van der Waals surface area (Å²) < 4.78 is 5.68. The van der Waals surface area contributed by atoms with E-state index in [1.54, 1.807) is 0 Å². The van der Waals surface area contributed by atoms with E-state index < -0.39 is 5.97 Å². The van der Waals surface area contributed by atoms with Gasteiger partial charge in [-0.15, -0.1) is 10.2 Å². The van der Waals surface area contributed by atoms with E-state index in [1.165, 1.54) is 17.5 Å². The molecule has 4 rings (SSSR count). The predicted octanol–water partition coefficient (Wildman–Crippen LogP) is 2.53.